The summed E-state index contributed by atoms with van der Waals surface area (Å²) in [5, 5.41) is 6.64. The Morgan fingerprint density at radius 1 is 1.06 bits per heavy atom. The first-order chi connectivity index (χ1) is 16.2. The summed E-state index contributed by atoms with van der Waals surface area (Å²) in [4.78, 5) is 8.99. The number of nitrogens with two attached hydrogens (primary N) is 1. The summed E-state index contributed by atoms with van der Waals surface area (Å²) in [6.07, 6.45) is 1.49. The molecule has 0 unspecified atom stereocenters. The number of aromatic nitrogens is 3. The average molecular weight is 465 g/mol. The Labute approximate surface area is 194 Å². The van der Waals surface area contributed by atoms with E-state index in [9.17, 15) is 8.42 Å². The molecule has 33 heavy (non-hydrogen) atoms. The third kappa shape index (κ3) is 4.64. The van der Waals surface area contributed by atoms with Crippen molar-refractivity contribution in [3.05, 3.63) is 66.3 Å². The number of nitrogens with one attached hydrogen (secondary N) is 1. The summed E-state index contributed by atoms with van der Waals surface area (Å²) in [5.41, 5.74) is 9.60. The molecule has 0 fully saturated rings. The fourth-order valence-electron chi connectivity index (χ4n) is 3.25. The second-order valence-corrected chi connectivity index (χ2v) is 10.3. The molecule has 0 saturated carbocycles. The minimum atomic E-state index is -3.38. The molecule has 0 bridgehead atoms. The molecule has 4 rings (SSSR count). The molecule has 8 nitrogen and oxygen atoms in total. The number of rotatable bonds is 7. The van der Waals surface area contributed by atoms with Crippen LogP contribution in [0.25, 0.3) is 34.0 Å². The molecule has 0 spiro atoms. The van der Waals surface area contributed by atoms with Gasteiger partial charge in [-0.25, -0.2) is 18.4 Å². The van der Waals surface area contributed by atoms with Crippen molar-refractivity contribution in [2.75, 3.05) is 12.8 Å². The normalized spacial score (nSPS) is 12.2. The van der Waals surface area contributed by atoms with Crippen LogP contribution in [0.3, 0.4) is 0 Å². The molecule has 0 saturated heterocycles. The van der Waals surface area contributed by atoms with Gasteiger partial charge in [-0.15, -0.1) is 0 Å². The van der Waals surface area contributed by atoms with Crippen LogP contribution in [0, 0.1) is 0 Å². The predicted molar refractivity (Wildman–Crippen MR) is 128 cm³/mol. The van der Waals surface area contributed by atoms with E-state index in [2.05, 4.69) is 20.4 Å². The van der Waals surface area contributed by atoms with Crippen molar-refractivity contribution in [2.45, 2.75) is 30.5 Å². The maximum absolute atomic E-state index is 12.4. The minimum absolute atomic E-state index is 0.0536. The van der Waals surface area contributed by atoms with Gasteiger partial charge in [-0.05, 0) is 38.6 Å². The van der Waals surface area contributed by atoms with E-state index in [0.29, 0.717) is 17.0 Å². The lowest BCUT2D eigenvalue weighted by Crippen LogP contribution is -2.13. The summed E-state index contributed by atoms with van der Waals surface area (Å²) < 4.78 is 38.8. The summed E-state index contributed by atoms with van der Waals surface area (Å²) >= 11 is 0. The van der Waals surface area contributed by atoms with Crippen molar-refractivity contribution in [3.8, 4) is 34.0 Å². The Morgan fingerprint density at radius 2 is 1.70 bits per heavy atom. The van der Waals surface area contributed by atoms with Gasteiger partial charge in [0.05, 0.1) is 23.4 Å². The van der Waals surface area contributed by atoms with E-state index in [1.807, 2.05) is 31.3 Å². The Hall–Kier alpha value is -3.56. The highest BCUT2D eigenvalue weighted by Crippen LogP contribution is 2.30. The lowest BCUT2D eigenvalue weighted by atomic mass is 10.1. The molecule has 0 radical (unpaired) electrons. The zero-order chi connectivity index (χ0) is 24.5. The van der Waals surface area contributed by atoms with Gasteiger partial charge in [0.1, 0.15) is 5.69 Å². The number of nitrogen functional groups attached to an aromatic ring is 1. The fourth-order valence-corrected chi connectivity index (χ4v) is 4.31. The summed E-state index contributed by atoms with van der Waals surface area (Å²) in [5.74, 6) is 0.212. The highest BCUT2D eigenvalue weighted by atomic mass is 32.2. The Morgan fingerprint density at radius 3 is 2.33 bits per heavy atom. The van der Waals surface area contributed by atoms with Crippen molar-refractivity contribution < 1.29 is 14.3 Å². The van der Waals surface area contributed by atoms with Crippen molar-refractivity contribution >= 4 is 15.7 Å². The van der Waals surface area contributed by atoms with Crippen LogP contribution >= 0.6 is 0 Å². The lowest BCUT2D eigenvalue weighted by molar-refractivity contribution is 0.434. The second-order valence-electron chi connectivity index (χ2n) is 7.82. The molecule has 0 atom stereocenters. The topological polar surface area (TPSA) is 124 Å². The SMILES string of the molecule is [2H]c1c(-c2ccc(CNC)cc2)noc1-c1nc(-c2ccc(S(=O)(=O)C(C)C)cc2)cnc1N. The van der Waals surface area contributed by atoms with E-state index >= 15 is 0 Å². The number of benzene rings is 2. The molecule has 0 aliphatic rings. The third-order valence-electron chi connectivity index (χ3n) is 5.18. The van der Waals surface area contributed by atoms with E-state index in [1.54, 1.807) is 38.1 Å². The van der Waals surface area contributed by atoms with Gasteiger partial charge in [-0.2, -0.15) is 0 Å². The predicted octanol–water partition coefficient (Wildman–Crippen LogP) is 3.95. The first-order valence-electron chi connectivity index (χ1n) is 10.9. The van der Waals surface area contributed by atoms with Crippen LogP contribution in [0.5, 0.6) is 0 Å². The van der Waals surface area contributed by atoms with Crippen LogP contribution in [0.1, 0.15) is 20.8 Å². The Kier molecular flexibility index (Phi) is 5.89. The fraction of sp³-hybridized carbons (Fsp3) is 0.208. The molecule has 3 N–H and O–H groups in total. The molecule has 9 heteroatoms. The highest BCUT2D eigenvalue weighted by molar-refractivity contribution is 7.92. The van der Waals surface area contributed by atoms with E-state index in [0.717, 1.165) is 17.7 Å². The lowest BCUT2D eigenvalue weighted by Gasteiger charge is -2.09. The van der Waals surface area contributed by atoms with Gasteiger partial charge < -0.3 is 15.6 Å². The Balaban J connectivity index is 1.68. The highest BCUT2D eigenvalue weighted by Gasteiger charge is 2.20. The summed E-state index contributed by atoms with van der Waals surface area (Å²) in [7, 11) is -1.50. The van der Waals surface area contributed by atoms with Gasteiger partial charge in [0.15, 0.2) is 27.1 Å². The summed E-state index contributed by atoms with van der Waals surface area (Å²) in [6.45, 7) is 4.02. The van der Waals surface area contributed by atoms with Gasteiger partial charge in [-0.1, -0.05) is 41.6 Å². The van der Waals surface area contributed by atoms with Gasteiger partial charge in [0.25, 0.3) is 0 Å². The monoisotopic (exact) mass is 464 g/mol. The van der Waals surface area contributed by atoms with Gasteiger partial charge in [-0.3, -0.25) is 0 Å². The van der Waals surface area contributed by atoms with E-state index in [1.165, 1.54) is 6.20 Å². The number of nitrogens with zero attached hydrogens (tertiary/aromatic N) is 3. The first kappa shape index (κ1) is 21.3. The van der Waals surface area contributed by atoms with Gasteiger partial charge >= 0.3 is 0 Å². The zero-order valence-corrected chi connectivity index (χ0v) is 19.3. The standard InChI is InChI=1S/C24H25N5O3S/c1-15(2)33(30,31)19-10-8-18(9-11-19)21-14-27-24(25)23(28-21)22-12-20(29-32-22)17-6-4-16(5-7-17)13-26-3/h4-12,14-15,26H,13H2,1-3H3,(H2,25,27)/i12D. The van der Waals surface area contributed by atoms with Crippen molar-refractivity contribution in [1.82, 2.24) is 20.4 Å². The maximum atomic E-state index is 12.4. The molecule has 2 aromatic heterocycles. The van der Waals surface area contributed by atoms with Gasteiger partial charge in [0, 0.05) is 23.7 Å². The molecule has 0 amide bonds. The van der Waals surface area contributed by atoms with E-state index in [-0.39, 0.29) is 28.2 Å². The largest absolute Gasteiger partial charge is 0.382 e. The number of sulfone groups is 1. The molecule has 170 valence electrons. The molecule has 4 aromatic rings. The van der Waals surface area contributed by atoms with Crippen molar-refractivity contribution in [3.63, 3.8) is 0 Å². The number of hydrogen-bond donors (Lipinski definition) is 2. The third-order valence-corrected chi connectivity index (χ3v) is 7.35. The van der Waals surface area contributed by atoms with Crippen molar-refractivity contribution in [1.29, 1.82) is 0 Å². The van der Waals surface area contributed by atoms with E-state index < -0.39 is 15.1 Å². The molecule has 2 aromatic carbocycles. The molecular formula is C24H25N5O3S. The van der Waals surface area contributed by atoms with Crippen LogP contribution in [0.2, 0.25) is 0 Å². The van der Waals surface area contributed by atoms with Crippen LogP contribution in [0.15, 0.2) is 70.2 Å². The number of anilines is 1. The minimum Gasteiger partial charge on any atom is -0.382 e. The summed E-state index contributed by atoms with van der Waals surface area (Å²) in [6, 6.07) is 14.1. The average Bonchev–Trinajstić information content (AvgIpc) is 3.21. The second kappa shape index (κ2) is 9.13. The number of hydrogen-bond acceptors (Lipinski definition) is 8. The Bertz CT molecular complexity index is 1420. The first-order valence-corrected chi connectivity index (χ1v) is 11.9. The zero-order valence-electron chi connectivity index (χ0n) is 19.5. The van der Waals surface area contributed by atoms with Gasteiger partial charge in [0.2, 0.25) is 0 Å². The molecule has 2 heterocycles. The smallest absolute Gasteiger partial charge is 0.189 e. The quantitative estimate of drug-likeness (QED) is 0.421. The van der Waals surface area contributed by atoms with Crippen LogP contribution in [-0.4, -0.2) is 35.8 Å². The molecule has 0 aliphatic carbocycles. The van der Waals surface area contributed by atoms with Crippen LogP contribution in [0.4, 0.5) is 5.82 Å². The van der Waals surface area contributed by atoms with Crippen LogP contribution in [-0.2, 0) is 16.4 Å². The van der Waals surface area contributed by atoms with Crippen molar-refractivity contribution in [2.24, 2.45) is 0 Å². The maximum Gasteiger partial charge on any atom is 0.189 e. The molecular weight excluding hydrogens is 438 g/mol. The molecule has 0 aliphatic heterocycles. The van der Waals surface area contributed by atoms with E-state index in [4.69, 9.17) is 11.6 Å². The van der Waals surface area contributed by atoms with Crippen LogP contribution < -0.4 is 11.1 Å².